The second kappa shape index (κ2) is 9.76. The number of aliphatic hydroxyl groups is 2. The molecule has 36 heavy (non-hydrogen) atoms. The topological polar surface area (TPSA) is 123 Å². The molecule has 0 radical (unpaired) electrons. The SMILES string of the molecule is CC(CO)(CO)N[S+]([O-])c1ccc(-c2cccc(NC(=O)C3(c4ccc5c(c4)OCO5)CC3)c2)cc1. The fourth-order valence-corrected chi connectivity index (χ4v) is 5.24. The molecule has 188 valence electrons. The fraction of sp³-hybridized carbons (Fsp3) is 0.296. The molecule has 0 saturated heterocycles. The number of amides is 1. The second-order valence-corrected chi connectivity index (χ2v) is 10.7. The van der Waals surface area contributed by atoms with E-state index in [0.717, 1.165) is 29.5 Å². The predicted molar refractivity (Wildman–Crippen MR) is 136 cm³/mol. The van der Waals surface area contributed by atoms with Gasteiger partial charge in [0.15, 0.2) is 16.4 Å². The average molecular weight is 509 g/mol. The zero-order chi connectivity index (χ0) is 25.3. The summed E-state index contributed by atoms with van der Waals surface area (Å²) in [5.41, 5.74) is 1.82. The van der Waals surface area contributed by atoms with E-state index in [0.29, 0.717) is 22.1 Å². The molecule has 0 bridgehead atoms. The molecule has 1 aliphatic heterocycles. The molecule has 1 aliphatic carbocycles. The van der Waals surface area contributed by atoms with Crippen LogP contribution in [0.5, 0.6) is 11.5 Å². The van der Waals surface area contributed by atoms with Crippen LogP contribution in [0.25, 0.3) is 11.1 Å². The van der Waals surface area contributed by atoms with E-state index in [4.69, 9.17) is 9.47 Å². The number of nitrogens with one attached hydrogen (secondary N) is 2. The number of aliphatic hydroxyl groups excluding tert-OH is 2. The van der Waals surface area contributed by atoms with E-state index in [-0.39, 0.29) is 25.9 Å². The highest BCUT2D eigenvalue weighted by molar-refractivity contribution is 7.89. The largest absolute Gasteiger partial charge is 0.593 e. The normalized spacial score (nSPS) is 16.4. The highest BCUT2D eigenvalue weighted by atomic mass is 32.2. The van der Waals surface area contributed by atoms with Crippen LogP contribution in [0, 0.1) is 0 Å². The molecule has 4 N–H and O–H groups in total. The molecule has 9 heteroatoms. The smallest absolute Gasteiger partial charge is 0.235 e. The molecule has 0 aromatic heterocycles. The minimum atomic E-state index is -1.59. The zero-order valence-corrected chi connectivity index (χ0v) is 20.6. The van der Waals surface area contributed by atoms with Crippen molar-refractivity contribution in [2.45, 2.75) is 35.6 Å². The number of fused-ring (bicyclic) bond motifs is 1. The van der Waals surface area contributed by atoms with Crippen LogP contribution in [0.2, 0.25) is 0 Å². The molecule has 3 aromatic carbocycles. The summed E-state index contributed by atoms with van der Waals surface area (Å²) < 4.78 is 26.2. The number of anilines is 1. The Kier molecular flexibility index (Phi) is 6.67. The van der Waals surface area contributed by atoms with Gasteiger partial charge in [-0.3, -0.25) is 4.79 Å². The second-order valence-electron chi connectivity index (χ2n) is 9.46. The van der Waals surface area contributed by atoms with Crippen LogP contribution >= 0.6 is 0 Å². The third-order valence-corrected chi connectivity index (χ3v) is 8.05. The van der Waals surface area contributed by atoms with Gasteiger partial charge in [0, 0.05) is 5.69 Å². The summed E-state index contributed by atoms with van der Waals surface area (Å²) in [6, 6.07) is 20.4. The number of benzene rings is 3. The lowest BCUT2D eigenvalue weighted by atomic mass is 9.94. The quantitative estimate of drug-likeness (QED) is 0.328. The minimum Gasteiger partial charge on any atom is -0.593 e. The van der Waals surface area contributed by atoms with Gasteiger partial charge in [-0.1, -0.05) is 18.2 Å². The van der Waals surface area contributed by atoms with Gasteiger partial charge in [-0.05, 0) is 85.0 Å². The Labute approximate surface area is 212 Å². The average Bonchev–Trinajstić information content (AvgIpc) is 3.59. The van der Waals surface area contributed by atoms with Crippen molar-refractivity contribution in [3.63, 3.8) is 0 Å². The third kappa shape index (κ3) is 4.80. The van der Waals surface area contributed by atoms with Crippen molar-refractivity contribution in [1.82, 2.24) is 4.72 Å². The summed E-state index contributed by atoms with van der Waals surface area (Å²) >= 11 is -1.59. The molecule has 1 heterocycles. The number of rotatable bonds is 9. The van der Waals surface area contributed by atoms with Gasteiger partial charge < -0.3 is 29.6 Å². The first-order valence-corrected chi connectivity index (χ1v) is 12.8. The van der Waals surface area contributed by atoms with Crippen molar-refractivity contribution in [3.8, 4) is 22.6 Å². The first kappa shape index (κ1) is 24.6. The summed E-state index contributed by atoms with van der Waals surface area (Å²) in [6.07, 6.45) is 1.55. The summed E-state index contributed by atoms with van der Waals surface area (Å²) in [5, 5.41) is 21.9. The summed E-state index contributed by atoms with van der Waals surface area (Å²) in [7, 11) is 0. The lowest BCUT2D eigenvalue weighted by Crippen LogP contribution is -2.51. The van der Waals surface area contributed by atoms with Crippen molar-refractivity contribution in [2.75, 3.05) is 25.3 Å². The summed E-state index contributed by atoms with van der Waals surface area (Å²) in [6.45, 7) is 1.10. The van der Waals surface area contributed by atoms with Crippen LogP contribution in [0.4, 0.5) is 5.69 Å². The molecule has 1 unspecified atom stereocenters. The molecular weight excluding hydrogens is 480 g/mol. The molecule has 8 nitrogen and oxygen atoms in total. The maximum absolute atomic E-state index is 13.3. The van der Waals surface area contributed by atoms with Gasteiger partial charge in [0.05, 0.1) is 30.0 Å². The van der Waals surface area contributed by atoms with Gasteiger partial charge in [0.1, 0.15) is 5.54 Å². The predicted octanol–water partition coefficient (Wildman–Crippen LogP) is 3.11. The number of hydrogen-bond acceptors (Lipinski definition) is 7. The maximum atomic E-state index is 13.3. The van der Waals surface area contributed by atoms with Gasteiger partial charge in [-0.25, -0.2) is 0 Å². The van der Waals surface area contributed by atoms with E-state index in [1.54, 1.807) is 19.1 Å². The lowest BCUT2D eigenvalue weighted by molar-refractivity contribution is -0.118. The van der Waals surface area contributed by atoms with Crippen molar-refractivity contribution < 1.29 is 29.0 Å². The van der Waals surface area contributed by atoms with E-state index in [1.807, 2.05) is 54.6 Å². The van der Waals surface area contributed by atoms with E-state index in [2.05, 4.69) is 10.0 Å². The number of hydrogen-bond donors (Lipinski definition) is 4. The maximum Gasteiger partial charge on any atom is 0.235 e. The van der Waals surface area contributed by atoms with Crippen molar-refractivity contribution >= 4 is 23.0 Å². The molecule has 1 fully saturated rings. The fourth-order valence-electron chi connectivity index (χ4n) is 4.16. The molecule has 1 atom stereocenters. The first-order valence-electron chi connectivity index (χ1n) is 11.7. The molecule has 3 aromatic rings. The Bertz CT molecular complexity index is 1260. The van der Waals surface area contributed by atoms with Gasteiger partial charge in [-0.15, -0.1) is 4.72 Å². The van der Waals surface area contributed by atoms with E-state index in [1.165, 1.54) is 0 Å². The van der Waals surface area contributed by atoms with Gasteiger partial charge in [0.25, 0.3) is 0 Å². The van der Waals surface area contributed by atoms with Crippen LogP contribution in [-0.2, 0) is 21.6 Å². The zero-order valence-electron chi connectivity index (χ0n) is 19.8. The molecule has 0 spiro atoms. The Morgan fingerprint density at radius 3 is 2.42 bits per heavy atom. The molecule has 2 aliphatic rings. The lowest BCUT2D eigenvalue weighted by Gasteiger charge is -2.26. The minimum absolute atomic E-state index is 0.0499. The molecule has 1 amide bonds. The summed E-state index contributed by atoms with van der Waals surface area (Å²) in [5.74, 6) is 1.32. The van der Waals surface area contributed by atoms with E-state index >= 15 is 0 Å². The van der Waals surface area contributed by atoms with E-state index < -0.39 is 22.3 Å². The molecular formula is C27H28N2O6S. The monoisotopic (exact) mass is 508 g/mol. The van der Waals surface area contributed by atoms with Crippen molar-refractivity contribution in [3.05, 3.63) is 72.3 Å². The Balaban J connectivity index is 1.29. The van der Waals surface area contributed by atoms with Crippen LogP contribution in [0.15, 0.2) is 71.6 Å². The van der Waals surface area contributed by atoms with Crippen LogP contribution < -0.4 is 19.5 Å². The van der Waals surface area contributed by atoms with Gasteiger partial charge in [-0.2, -0.15) is 0 Å². The van der Waals surface area contributed by atoms with Crippen molar-refractivity contribution in [1.29, 1.82) is 0 Å². The number of carbonyl (C=O) groups excluding carboxylic acids is 1. The van der Waals surface area contributed by atoms with Gasteiger partial charge >= 0.3 is 0 Å². The highest BCUT2D eigenvalue weighted by Gasteiger charge is 2.51. The Morgan fingerprint density at radius 2 is 1.72 bits per heavy atom. The van der Waals surface area contributed by atoms with Crippen LogP contribution in [-0.4, -0.2) is 46.2 Å². The number of carbonyl (C=O) groups is 1. The van der Waals surface area contributed by atoms with Gasteiger partial charge in [0.2, 0.25) is 12.7 Å². The van der Waals surface area contributed by atoms with Crippen LogP contribution in [0.1, 0.15) is 25.3 Å². The standard InChI is InChI=1S/C27H28N2O6S/c1-26(15-30,16-31)29-36(33)22-8-5-18(6-9-22)19-3-2-4-21(13-19)28-25(32)27(11-12-27)20-7-10-23-24(14-20)35-17-34-23/h2-10,13-14,29-31H,11-12,15-17H2,1H3,(H,28,32). The number of ether oxygens (including phenoxy) is 2. The molecule has 1 saturated carbocycles. The summed E-state index contributed by atoms with van der Waals surface area (Å²) in [4.78, 5) is 13.8. The first-order chi connectivity index (χ1) is 17.4. The van der Waals surface area contributed by atoms with E-state index in [9.17, 15) is 19.6 Å². The van der Waals surface area contributed by atoms with Crippen LogP contribution in [0.3, 0.4) is 0 Å². The molecule has 5 rings (SSSR count). The third-order valence-electron chi connectivity index (χ3n) is 6.67. The Hall–Kier alpha value is -3.08. The highest BCUT2D eigenvalue weighted by Crippen LogP contribution is 2.51. The Morgan fingerprint density at radius 1 is 1.00 bits per heavy atom. The van der Waals surface area contributed by atoms with Crippen molar-refractivity contribution in [2.24, 2.45) is 0 Å².